The van der Waals surface area contributed by atoms with Crippen LogP contribution in [0.5, 0.6) is 0 Å². The minimum absolute atomic E-state index is 0.0994. The molecular formula is C18H23N5O2. The van der Waals surface area contributed by atoms with Crippen molar-refractivity contribution in [1.82, 2.24) is 25.1 Å². The lowest BCUT2D eigenvalue weighted by molar-refractivity contribution is -0.126. The summed E-state index contributed by atoms with van der Waals surface area (Å²) in [6.07, 6.45) is 1.94. The molecule has 25 heavy (non-hydrogen) atoms. The van der Waals surface area contributed by atoms with Crippen molar-refractivity contribution < 1.29 is 9.59 Å². The number of hydrogen-bond acceptors (Lipinski definition) is 4. The second-order valence-corrected chi connectivity index (χ2v) is 7.26. The molecule has 3 amide bonds. The van der Waals surface area contributed by atoms with Crippen LogP contribution < -0.4 is 10.6 Å². The predicted octanol–water partition coefficient (Wildman–Crippen LogP) is 1.38. The van der Waals surface area contributed by atoms with Gasteiger partial charge in [-0.1, -0.05) is 12.1 Å². The number of hydrogen-bond donors (Lipinski definition) is 2. The Bertz CT molecular complexity index is 845. The van der Waals surface area contributed by atoms with Gasteiger partial charge < -0.3 is 9.88 Å². The normalized spacial score (nSPS) is 27.5. The highest BCUT2D eigenvalue weighted by molar-refractivity contribution is 6.07. The maximum absolute atomic E-state index is 12.2. The molecule has 2 N–H and O–H groups in total. The van der Waals surface area contributed by atoms with E-state index in [1.807, 2.05) is 32.2 Å². The van der Waals surface area contributed by atoms with E-state index >= 15 is 0 Å². The fraction of sp³-hybridized carbons (Fsp3) is 0.500. The molecule has 0 saturated carbocycles. The topological polar surface area (TPSA) is 79.3 Å². The zero-order valence-electron chi connectivity index (χ0n) is 14.6. The molecule has 2 aliphatic heterocycles. The highest BCUT2D eigenvalue weighted by Crippen LogP contribution is 2.30. The van der Waals surface area contributed by atoms with Gasteiger partial charge in [0.2, 0.25) is 0 Å². The van der Waals surface area contributed by atoms with E-state index in [0.717, 1.165) is 49.3 Å². The second-order valence-electron chi connectivity index (χ2n) is 7.26. The lowest BCUT2D eigenvalue weighted by atomic mass is 9.80. The van der Waals surface area contributed by atoms with Gasteiger partial charge in [0.15, 0.2) is 0 Å². The SMILES string of the molecule is Cn1c(CN2CCC[C@H]([C@]3(C)NC(=O)NC3=O)C2)nc2ccccc21. The minimum atomic E-state index is -0.817. The van der Waals surface area contributed by atoms with E-state index in [0.29, 0.717) is 0 Å². The van der Waals surface area contributed by atoms with Crippen LogP contribution in [0.4, 0.5) is 4.79 Å². The Morgan fingerprint density at radius 2 is 2.12 bits per heavy atom. The molecule has 7 nitrogen and oxygen atoms in total. The van der Waals surface area contributed by atoms with Crippen LogP contribution in [-0.4, -0.2) is 45.0 Å². The molecule has 0 radical (unpaired) electrons. The maximum atomic E-state index is 12.2. The number of amides is 3. The molecule has 7 heteroatoms. The van der Waals surface area contributed by atoms with Gasteiger partial charge in [-0.25, -0.2) is 9.78 Å². The number of nitrogens with zero attached hydrogens (tertiary/aromatic N) is 3. The standard InChI is InChI=1S/C18H23N5O2/c1-18(16(24)20-17(25)21-18)12-6-5-9-23(10-12)11-15-19-13-7-3-4-8-14(13)22(15)2/h3-4,7-8,12H,5-6,9-11H2,1-2H3,(H2,20,21,24,25)/t12-,18-/m0/s1. The summed E-state index contributed by atoms with van der Waals surface area (Å²) in [6, 6.07) is 7.73. The maximum Gasteiger partial charge on any atom is 0.322 e. The molecule has 0 aliphatic carbocycles. The first-order valence-corrected chi connectivity index (χ1v) is 8.73. The van der Waals surface area contributed by atoms with E-state index in [1.165, 1.54) is 0 Å². The van der Waals surface area contributed by atoms with Crippen molar-refractivity contribution in [3.05, 3.63) is 30.1 Å². The lowest BCUT2D eigenvalue weighted by Crippen LogP contribution is -2.55. The number of rotatable bonds is 3. The molecule has 2 aliphatic rings. The zero-order valence-corrected chi connectivity index (χ0v) is 14.6. The van der Waals surface area contributed by atoms with Crippen molar-refractivity contribution >= 4 is 23.0 Å². The fourth-order valence-electron chi connectivity index (χ4n) is 4.05. The van der Waals surface area contributed by atoms with Crippen LogP contribution in [0.15, 0.2) is 24.3 Å². The van der Waals surface area contributed by atoms with E-state index in [4.69, 9.17) is 4.98 Å². The Labute approximate surface area is 146 Å². The van der Waals surface area contributed by atoms with Crippen LogP contribution in [0, 0.1) is 5.92 Å². The summed E-state index contributed by atoms with van der Waals surface area (Å²) < 4.78 is 2.13. The zero-order chi connectivity index (χ0) is 17.6. The summed E-state index contributed by atoms with van der Waals surface area (Å²) in [5.41, 5.74) is 1.31. The summed E-state index contributed by atoms with van der Waals surface area (Å²) in [5.74, 6) is 0.904. The number of likely N-dealkylation sites (tertiary alicyclic amines) is 1. The van der Waals surface area contributed by atoms with Gasteiger partial charge in [-0.2, -0.15) is 0 Å². The van der Waals surface area contributed by atoms with Gasteiger partial charge in [0.25, 0.3) is 5.91 Å². The molecule has 0 spiro atoms. The first-order valence-electron chi connectivity index (χ1n) is 8.73. The quantitative estimate of drug-likeness (QED) is 0.827. The monoisotopic (exact) mass is 341 g/mol. The molecular weight excluding hydrogens is 318 g/mol. The van der Waals surface area contributed by atoms with Crippen LogP contribution in [0.1, 0.15) is 25.6 Å². The summed E-state index contributed by atoms with van der Waals surface area (Å²) in [6.45, 7) is 4.32. The molecule has 1 aromatic heterocycles. The van der Waals surface area contributed by atoms with Gasteiger partial charge in [0.05, 0.1) is 17.6 Å². The van der Waals surface area contributed by atoms with Crippen LogP contribution in [0.2, 0.25) is 0 Å². The average Bonchev–Trinajstić information content (AvgIpc) is 3.05. The van der Waals surface area contributed by atoms with Crippen molar-refractivity contribution in [1.29, 1.82) is 0 Å². The van der Waals surface area contributed by atoms with Gasteiger partial charge in [0, 0.05) is 19.5 Å². The molecule has 2 saturated heterocycles. The van der Waals surface area contributed by atoms with Gasteiger partial charge in [0.1, 0.15) is 11.4 Å². The van der Waals surface area contributed by atoms with Crippen LogP contribution in [-0.2, 0) is 18.4 Å². The average molecular weight is 341 g/mol. The van der Waals surface area contributed by atoms with E-state index in [2.05, 4.69) is 26.2 Å². The third-order valence-corrected chi connectivity index (χ3v) is 5.64. The van der Waals surface area contributed by atoms with Crippen LogP contribution in [0.25, 0.3) is 11.0 Å². The summed E-state index contributed by atoms with van der Waals surface area (Å²) in [7, 11) is 2.04. The number of fused-ring (bicyclic) bond motifs is 1. The second kappa shape index (κ2) is 5.84. The number of piperidine rings is 1. The van der Waals surface area contributed by atoms with Crippen LogP contribution >= 0.6 is 0 Å². The number of carbonyl (C=O) groups is 2. The van der Waals surface area contributed by atoms with Crippen molar-refractivity contribution in [3.63, 3.8) is 0 Å². The Morgan fingerprint density at radius 1 is 1.32 bits per heavy atom. The smallest absolute Gasteiger partial charge is 0.322 e. The molecule has 4 rings (SSSR count). The van der Waals surface area contributed by atoms with E-state index in [9.17, 15) is 9.59 Å². The summed E-state index contributed by atoms with van der Waals surface area (Å²) in [4.78, 5) is 30.8. The fourth-order valence-corrected chi connectivity index (χ4v) is 4.05. The number of urea groups is 1. The van der Waals surface area contributed by atoms with Gasteiger partial charge in [-0.3, -0.25) is 15.0 Å². The van der Waals surface area contributed by atoms with Gasteiger partial charge in [-0.15, -0.1) is 0 Å². The number of aryl methyl sites for hydroxylation is 1. The number of imidazole rings is 1. The van der Waals surface area contributed by atoms with Crippen molar-refractivity contribution in [3.8, 4) is 0 Å². The Kier molecular flexibility index (Phi) is 3.76. The lowest BCUT2D eigenvalue weighted by Gasteiger charge is -2.39. The molecule has 2 fully saturated rings. The molecule has 2 aromatic rings. The highest BCUT2D eigenvalue weighted by Gasteiger charge is 2.48. The molecule has 0 unspecified atom stereocenters. The number of imide groups is 1. The summed E-state index contributed by atoms with van der Waals surface area (Å²) in [5, 5.41) is 5.19. The first kappa shape index (κ1) is 16.1. The third-order valence-electron chi connectivity index (χ3n) is 5.64. The number of carbonyl (C=O) groups excluding carboxylic acids is 2. The number of para-hydroxylation sites is 2. The molecule has 132 valence electrons. The number of aromatic nitrogens is 2. The van der Waals surface area contributed by atoms with Crippen molar-refractivity contribution in [2.24, 2.45) is 13.0 Å². The highest BCUT2D eigenvalue weighted by atomic mass is 16.2. The van der Waals surface area contributed by atoms with Crippen molar-refractivity contribution in [2.45, 2.75) is 31.8 Å². The third kappa shape index (κ3) is 2.68. The number of benzene rings is 1. The van der Waals surface area contributed by atoms with Gasteiger partial charge in [-0.05, 0) is 38.4 Å². The minimum Gasteiger partial charge on any atom is -0.330 e. The number of nitrogens with one attached hydrogen (secondary N) is 2. The summed E-state index contributed by atoms with van der Waals surface area (Å²) >= 11 is 0. The van der Waals surface area contributed by atoms with Crippen LogP contribution in [0.3, 0.4) is 0 Å². The first-order chi connectivity index (χ1) is 12.0. The molecule has 0 bridgehead atoms. The molecule has 2 atom stereocenters. The molecule has 1 aromatic carbocycles. The van der Waals surface area contributed by atoms with E-state index in [1.54, 1.807) is 0 Å². The Morgan fingerprint density at radius 3 is 2.84 bits per heavy atom. The predicted molar refractivity (Wildman–Crippen MR) is 93.8 cm³/mol. The Hall–Kier alpha value is -2.41. The van der Waals surface area contributed by atoms with E-state index < -0.39 is 5.54 Å². The molecule has 3 heterocycles. The van der Waals surface area contributed by atoms with Gasteiger partial charge >= 0.3 is 6.03 Å². The van der Waals surface area contributed by atoms with E-state index in [-0.39, 0.29) is 17.9 Å². The van der Waals surface area contributed by atoms with Crippen molar-refractivity contribution in [2.75, 3.05) is 13.1 Å². The largest absolute Gasteiger partial charge is 0.330 e. The Balaban J connectivity index is 1.52.